The molecular weight excluding hydrogens is 435 g/mol. The van der Waals surface area contributed by atoms with E-state index in [9.17, 15) is 24.6 Å². The van der Waals surface area contributed by atoms with Gasteiger partial charge in [-0.2, -0.15) is 0 Å². The maximum Gasteiger partial charge on any atom is 0.326 e. The maximum atomic E-state index is 11.9. The number of benzene rings is 1. The maximum absolute atomic E-state index is 11.9. The van der Waals surface area contributed by atoms with Crippen molar-refractivity contribution in [3.05, 3.63) is 33.8 Å². The van der Waals surface area contributed by atoms with Gasteiger partial charge in [0, 0.05) is 18.8 Å². The second-order valence-electron chi connectivity index (χ2n) is 6.91. The molecule has 2 fully saturated rings. The zero-order chi connectivity index (χ0) is 20.1. The van der Waals surface area contributed by atoms with Crippen molar-refractivity contribution in [3.8, 4) is 0 Å². The Balaban J connectivity index is 0.00000280. The number of carboxylic acid groups (broad SMARTS) is 2. The van der Waals surface area contributed by atoms with Crippen LogP contribution in [0.5, 0.6) is 0 Å². The number of rotatable bonds is 6. The molecule has 3 rings (SSSR count). The smallest absolute Gasteiger partial charge is 0.326 e. The van der Waals surface area contributed by atoms with Crippen LogP contribution in [0, 0.1) is 17.8 Å². The number of nitrogens with one attached hydrogen (secondary N) is 1. The molecule has 154 valence electrons. The number of amides is 1. The van der Waals surface area contributed by atoms with Gasteiger partial charge in [0.25, 0.3) is 0 Å². The van der Waals surface area contributed by atoms with Gasteiger partial charge in [0.2, 0.25) is 5.91 Å². The van der Waals surface area contributed by atoms with Crippen LogP contribution in [0.3, 0.4) is 0 Å². The molecule has 0 radical (unpaired) electrons. The predicted octanol–water partition coefficient (Wildman–Crippen LogP) is 1.55. The lowest BCUT2D eigenvalue weighted by molar-refractivity contribution is -0.154. The molecule has 28 heavy (non-hydrogen) atoms. The molecule has 2 aliphatic rings. The van der Waals surface area contributed by atoms with Gasteiger partial charge in [0.05, 0.1) is 28.6 Å². The summed E-state index contributed by atoms with van der Waals surface area (Å²) in [4.78, 5) is 35.0. The molecule has 0 aromatic heterocycles. The van der Waals surface area contributed by atoms with Crippen LogP contribution >= 0.6 is 35.6 Å². The van der Waals surface area contributed by atoms with E-state index in [2.05, 4.69) is 5.32 Å². The van der Waals surface area contributed by atoms with Crippen molar-refractivity contribution in [2.24, 2.45) is 23.5 Å². The highest BCUT2D eigenvalue weighted by Crippen LogP contribution is 2.62. The normalized spacial score (nSPS) is 32.8. The highest BCUT2D eigenvalue weighted by Gasteiger charge is 2.78. The standard InChI is InChI=1S/C17H18Cl2N2O6.ClH/c1-6(22)21-13-10-11(15(23)24)12(10)17(20,16(25)26)14(13)27-5-7-2-3-8(18)9(19)4-7;/h2-4,10-14H,5,20H2,1H3,(H,21,22)(H,23,24)(H,25,26);1H. The number of fused-ring (bicyclic) bond motifs is 1. The first-order valence-corrected chi connectivity index (χ1v) is 8.92. The molecule has 2 saturated carbocycles. The zero-order valence-electron chi connectivity index (χ0n) is 14.6. The van der Waals surface area contributed by atoms with Crippen LogP contribution in [0.25, 0.3) is 0 Å². The Bertz CT molecular complexity index is 822. The van der Waals surface area contributed by atoms with Crippen molar-refractivity contribution in [1.82, 2.24) is 5.32 Å². The molecule has 0 bridgehead atoms. The van der Waals surface area contributed by atoms with Crippen LogP contribution in [0.1, 0.15) is 12.5 Å². The number of hydrogen-bond donors (Lipinski definition) is 4. The van der Waals surface area contributed by atoms with Crippen molar-refractivity contribution >= 4 is 53.5 Å². The summed E-state index contributed by atoms with van der Waals surface area (Å²) in [6.45, 7) is 1.24. The Kier molecular flexibility index (Phi) is 6.52. The Morgan fingerprint density at radius 2 is 1.89 bits per heavy atom. The summed E-state index contributed by atoms with van der Waals surface area (Å²) in [5, 5.41) is 22.4. The number of nitrogens with two attached hydrogens (primary N) is 1. The molecule has 0 saturated heterocycles. The Labute approximate surface area is 176 Å². The Morgan fingerprint density at radius 1 is 1.25 bits per heavy atom. The first-order chi connectivity index (χ1) is 12.6. The number of hydrogen-bond acceptors (Lipinski definition) is 5. The topological polar surface area (TPSA) is 139 Å². The van der Waals surface area contributed by atoms with Gasteiger partial charge in [-0.25, -0.2) is 0 Å². The van der Waals surface area contributed by atoms with Crippen molar-refractivity contribution < 1.29 is 29.3 Å². The minimum absolute atomic E-state index is 0. The minimum Gasteiger partial charge on any atom is -0.481 e. The highest BCUT2D eigenvalue weighted by atomic mass is 35.5. The van der Waals surface area contributed by atoms with E-state index < -0.39 is 53.3 Å². The molecule has 1 aromatic rings. The van der Waals surface area contributed by atoms with Gasteiger partial charge < -0.3 is 26.0 Å². The summed E-state index contributed by atoms with van der Waals surface area (Å²) in [6, 6.07) is 3.99. The van der Waals surface area contributed by atoms with Gasteiger partial charge in [-0.3, -0.25) is 14.4 Å². The molecule has 2 aliphatic carbocycles. The Hall–Kier alpha value is -1.58. The second kappa shape index (κ2) is 8.04. The van der Waals surface area contributed by atoms with Gasteiger partial charge >= 0.3 is 11.9 Å². The fraction of sp³-hybridized carbons (Fsp3) is 0.471. The van der Waals surface area contributed by atoms with Crippen LogP contribution in [-0.4, -0.2) is 45.7 Å². The first-order valence-electron chi connectivity index (χ1n) is 8.16. The molecule has 11 heteroatoms. The van der Waals surface area contributed by atoms with E-state index in [4.69, 9.17) is 33.7 Å². The lowest BCUT2D eigenvalue weighted by atomic mass is 9.87. The molecule has 1 amide bonds. The zero-order valence-corrected chi connectivity index (χ0v) is 16.9. The fourth-order valence-electron chi connectivity index (χ4n) is 4.13. The van der Waals surface area contributed by atoms with Crippen molar-refractivity contribution in [2.45, 2.75) is 31.2 Å². The van der Waals surface area contributed by atoms with E-state index in [0.29, 0.717) is 15.6 Å². The highest BCUT2D eigenvalue weighted by molar-refractivity contribution is 6.42. The molecule has 0 heterocycles. The summed E-state index contributed by atoms with van der Waals surface area (Å²) >= 11 is 11.8. The van der Waals surface area contributed by atoms with Crippen LogP contribution in [0.2, 0.25) is 10.0 Å². The monoisotopic (exact) mass is 452 g/mol. The van der Waals surface area contributed by atoms with Gasteiger partial charge in [-0.05, 0) is 17.7 Å². The van der Waals surface area contributed by atoms with E-state index in [1.54, 1.807) is 18.2 Å². The molecule has 0 aliphatic heterocycles. The summed E-state index contributed by atoms with van der Waals surface area (Å²) in [5.74, 6) is -5.30. The van der Waals surface area contributed by atoms with E-state index in [-0.39, 0.29) is 19.0 Å². The molecule has 6 unspecified atom stereocenters. The number of aliphatic carboxylic acids is 2. The van der Waals surface area contributed by atoms with Gasteiger partial charge in [0.15, 0.2) is 0 Å². The largest absolute Gasteiger partial charge is 0.481 e. The van der Waals surface area contributed by atoms with Crippen molar-refractivity contribution in [3.63, 3.8) is 0 Å². The minimum atomic E-state index is -1.93. The molecule has 8 nitrogen and oxygen atoms in total. The average molecular weight is 454 g/mol. The number of carbonyl (C=O) groups is 3. The van der Waals surface area contributed by atoms with Crippen molar-refractivity contribution in [1.29, 1.82) is 0 Å². The number of halogens is 3. The Morgan fingerprint density at radius 3 is 2.39 bits per heavy atom. The van der Waals surface area contributed by atoms with Crippen LogP contribution in [0.15, 0.2) is 18.2 Å². The summed E-state index contributed by atoms with van der Waals surface area (Å²) in [5.41, 5.74) is 4.86. The molecule has 5 N–H and O–H groups in total. The number of carboxylic acids is 2. The molecular formula is C17H19Cl3N2O6. The second-order valence-corrected chi connectivity index (χ2v) is 7.73. The van der Waals surface area contributed by atoms with E-state index >= 15 is 0 Å². The first kappa shape index (κ1) is 22.7. The van der Waals surface area contributed by atoms with Gasteiger partial charge in [-0.1, -0.05) is 29.3 Å². The molecule has 6 atom stereocenters. The van der Waals surface area contributed by atoms with Crippen LogP contribution < -0.4 is 11.1 Å². The van der Waals surface area contributed by atoms with Crippen molar-refractivity contribution in [2.75, 3.05) is 0 Å². The predicted molar refractivity (Wildman–Crippen MR) is 103 cm³/mol. The van der Waals surface area contributed by atoms with Gasteiger partial charge in [-0.15, -0.1) is 12.4 Å². The average Bonchev–Trinajstić information content (AvgIpc) is 3.27. The van der Waals surface area contributed by atoms with Crippen LogP contribution in [-0.2, 0) is 25.7 Å². The van der Waals surface area contributed by atoms with E-state index in [1.807, 2.05) is 0 Å². The summed E-state index contributed by atoms with van der Waals surface area (Å²) in [7, 11) is 0. The third-order valence-corrected chi connectivity index (χ3v) is 6.02. The summed E-state index contributed by atoms with van der Waals surface area (Å²) < 4.78 is 5.79. The SMILES string of the molecule is CC(=O)NC1C2C(C(=O)O)C2C(N)(C(=O)O)C1OCc1ccc(Cl)c(Cl)c1.Cl. The van der Waals surface area contributed by atoms with Crippen LogP contribution in [0.4, 0.5) is 0 Å². The van der Waals surface area contributed by atoms with Gasteiger partial charge in [0.1, 0.15) is 11.6 Å². The van der Waals surface area contributed by atoms with E-state index in [1.165, 1.54) is 6.92 Å². The fourth-order valence-corrected chi connectivity index (χ4v) is 4.45. The summed E-state index contributed by atoms with van der Waals surface area (Å²) in [6.07, 6.45) is -1.10. The molecule has 1 aromatic carbocycles. The lowest BCUT2D eigenvalue weighted by Crippen LogP contribution is -2.63. The third-order valence-electron chi connectivity index (χ3n) is 5.28. The third kappa shape index (κ3) is 3.67. The molecule has 0 spiro atoms. The lowest BCUT2D eigenvalue weighted by Gasteiger charge is -2.34. The quantitative estimate of drug-likeness (QED) is 0.512. The number of carbonyl (C=O) groups excluding carboxylic acids is 1. The van der Waals surface area contributed by atoms with E-state index in [0.717, 1.165) is 0 Å². The number of ether oxygens (including phenoxy) is 1.